The van der Waals surface area contributed by atoms with Crippen molar-refractivity contribution < 1.29 is 0 Å². The van der Waals surface area contributed by atoms with Crippen LogP contribution in [-0.2, 0) is 13.6 Å². The molecular formula is C12H16N4. The molecule has 0 radical (unpaired) electrons. The summed E-state index contributed by atoms with van der Waals surface area (Å²) in [5.41, 5.74) is 8.78. The van der Waals surface area contributed by atoms with Gasteiger partial charge in [-0.2, -0.15) is 5.10 Å². The normalized spacial score (nSPS) is 10.4. The maximum atomic E-state index is 5.91. The first-order valence-electron chi connectivity index (χ1n) is 5.21. The second kappa shape index (κ2) is 4.26. The minimum absolute atomic E-state index is 0.759. The van der Waals surface area contributed by atoms with Crippen molar-refractivity contribution in [3.05, 3.63) is 42.2 Å². The van der Waals surface area contributed by atoms with Crippen LogP contribution in [0.1, 0.15) is 5.69 Å². The third-order valence-electron chi connectivity index (χ3n) is 2.52. The van der Waals surface area contributed by atoms with Gasteiger partial charge in [0.2, 0.25) is 0 Å². The highest BCUT2D eigenvalue weighted by molar-refractivity contribution is 5.66. The molecule has 0 unspecified atom stereocenters. The number of para-hydroxylation sites is 2. The van der Waals surface area contributed by atoms with Crippen molar-refractivity contribution in [1.29, 1.82) is 0 Å². The molecular weight excluding hydrogens is 200 g/mol. The van der Waals surface area contributed by atoms with Crippen molar-refractivity contribution in [2.45, 2.75) is 6.54 Å². The topological polar surface area (TPSA) is 47.1 Å². The Morgan fingerprint density at radius 1 is 1.31 bits per heavy atom. The standard InChI is InChI=1S/C12H16N4/c1-15(9-10-7-8-16(2)14-10)12-6-4-3-5-11(12)13/h3-8H,9,13H2,1-2H3. The zero-order valence-corrected chi connectivity index (χ0v) is 9.59. The fourth-order valence-corrected chi connectivity index (χ4v) is 1.71. The fourth-order valence-electron chi connectivity index (χ4n) is 1.71. The van der Waals surface area contributed by atoms with Crippen LogP contribution in [0.5, 0.6) is 0 Å². The number of rotatable bonds is 3. The first-order valence-corrected chi connectivity index (χ1v) is 5.21. The maximum Gasteiger partial charge on any atom is 0.0817 e. The van der Waals surface area contributed by atoms with E-state index in [0.717, 1.165) is 23.6 Å². The van der Waals surface area contributed by atoms with Gasteiger partial charge in [0, 0.05) is 20.3 Å². The minimum atomic E-state index is 0.759. The predicted octanol–water partition coefficient (Wildman–Crippen LogP) is 1.64. The van der Waals surface area contributed by atoms with E-state index in [9.17, 15) is 0 Å². The Labute approximate surface area is 95.3 Å². The highest BCUT2D eigenvalue weighted by atomic mass is 15.3. The molecule has 1 aromatic carbocycles. The number of aromatic nitrogens is 2. The van der Waals surface area contributed by atoms with Crippen LogP contribution in [0.3, 0.4) is 0 Å². The van der Waals surface area contributed by atoms with Gasteiger partial charge in [-0.15, -0.1) is 0 Å². The van der Waals surface area contributed by atoms with Gasteiger partial charge in [-0.3, -0.25) is 4.68 Å². The van der Waals surface area contributed by atoms with Crippen LogP contribution >= 0.6 is 0 Å². The fraction of sp³-hybridized carbons (Fsp3) is 0.250. The molecule has 2 aromatic rings. The van der Waals surface area contributed by atoms with Crippen molar-refractivity contribution in [1.82, 2.24) is 9.78 Å². The molecule has 0 spiro atoms. The summed E-state index contributed by atoms with van der Waals surface area (Å²) in [5.74, 6) is 0. The van der Waals surface area contributed by atoms with E-state index in [4.69, 9.17) is 5.73 Å². The zero-order chi connectivity index (χ0) is 11.5. The molecule has 0 amide bonds. The number of aryl methyl sites for hydroxylation is 1. The van der Waals surface area contributed by atoms with Gasteiger partial charge >= 0.3 is 0 Å². The van der Waals surface area contributed by atoms with Crippen LogP contribution in [0.2, 0.25) is 0 Å². The summed E-state index contributed by atoms with van der Waals surface area (Å²) < 4.78 is 1.80. The molecule has 1 aromatic heterocycles. The van der Waals surface area contributed by atoms with Crippen LogP contribution in [0, 0.1) is 0 Å². The number of hydrogen-bond donors (Lipinski definition) is 1. The molecule has 0 fully saturated rings. The minimum Gasteiger partial charge on any atom is -0.397 e. The van der Waals surface area contributed by atoms with Crippen LogP contribution in [0.15, 0.2) is 36.5 Å². The van der Waals surface area contributed by atoms with Gasteiger partial charge in [-0.25, -0.2) is 0 Å². The van der Waals surface area contributed by atoms with E-state index in [1.165, 1.54) is 0 Å². The number of nitrogens with two attached hydrogens (primary N) is 1. The summed E-state index contributed by atoms with van der Waals surface area (Å²) in [6, 6.07) is 9.85. The first-order chi connectivity index (χ1) is 7.66. The molecule has 2 N–H and O–H groups in total. The number of hydrogen-bond acceptors (Lipinski definition) is 3. The van der Waals surface area contributed by atoms with Gasteiger partial charge in [0.15, 0.2) is 0 Å². The SMILES string of the molecule is CN(Cc1ccn(C)n1)c1ccccc1N. The van der Waals surface area contributed by atoms with E-state index in [-0.39, 0.29) is 0 Å². The van der Waals surface area contributed by atoms with Gasteiger partial charge in [0.25, 0.3) is 0 Å². The Morgan fingerprint density at radius 2 is 2.06 bits per heavy atom. The summed E-state index contributed by atoms with van der Waals surface area (Å²) >= 11 is 0. The van der Waals surface area contributed by atoms with Crippen molar-refractivity contribution in [3.63, 3.8) is 0 Å². The summed E-state index contributed by atoms with van der Waals surface area (Å²) in [7, 11) is 3.93. The lowest BCUT2D eigenvalue weighted by atomic mass is 10.2. The molecule has 0 aliphatic heterocycles. The molecule has 0 aliphatic rings. The maximum absolute atomic E-state index is 5.91. The molecule has 2 rings (SSSR count). The average molecular weight is 216 g/mol. The average Bonchev–Trinajstić information content (AvgIpc) is 2.64. The monoisotopic (exact) mass is 216 g/mol. The third-order valence-corrected chi connectivity index (χ3v) is 2.52. The number of anilines is 2. The van der Waals surface area contributed by atoms with E-state index in [1.54, 1.807) is 4.68 Å². The Kier molecular flexibility index (Phi) is 2.81. The predicted molar refractivity (Wildman–Crippen MR) is 66.2 cm³/mol. The highest BCUT2D eigenvalue weighted by Gasteiger charge is 2.06. The van der Waals surface area contributed by atoms with Gasteiger partial charge in [-0.1, -0.05) is 12.1 Å². The van der Waals surface area contributed by atoms with Gasteiger partial charge < -0.3 is 10.6 Å². The second-order valence-electron chi connectivity index (χ2n) is 3.90. The zero-order valence-electron chi connectivity index (χ0n) is 9.59. The van der Waals surface area contributed by atoms with Crippen molar-refractivity contribution in [3.8, 4) is 0 Å². The van der Waals surface area contributed by atoms with Crippen LogP contribution in [0.25, 0.3) is 0 Å². The molecule has 4 nitrogen and oxygen atoms in total. The summed E-state index contributed by atoms with van der Waals surface area (Å²) in [6.07, 6.45) is 1.94. The van der Waals surface area contributed by atoms with Gasteiger partial charge in [0.1, 0.15) is 0 Å². The molecule has 0 atom stereocenters. The second-order valence-corrected chi connectivity index (χ2v) is 3.90. The molecule has 0 saturated heterocycles. The van der Waals surface area contributed by atoms with Crippen LogP contribution < -0.4 is 10.6 Å². The van der Waals surface area contributed by atoms with Crippen molar-refractivity contribution >= 4 is 11.4 Å². The lowest BCUT2D eigenvalue weighted by molar-refractivity contribution is 0.734. The van der Waals surface area contributed by atoms with E-state index >= 15 is 0 Å². The summed E-state index contributed by atoms with van der Waals surface area (Å²) in [4.78, 5) is 2.09. The van der Waals surface area contributed by atoms with Crippen molar-refractivity contribution in [2.75, 3.05) is 17.7 Å². The number of nitrogen functional groups attached to an aromatic ring is 1. The largest absolute Gasteiger partial charge is 0.397 e. The molecule has 0 bridgehead atoms. The third kappa shape index (κ3) is 2.16. The Hall–Kier alpha value is -1.97. The summed E-state index contributed by atoms with van der Waals surface area (Å²) in [6.45, 7) is 0.759. The van der Waals surface area contributed by atoms with Crippen LogP contribution in [-0.4, -0.2) is 16.8 Å². The van der Waals surface area contributed by atoms with E-state index < -0.39 is 0 Å². The molecule has 0 aliphatic carbocycles. The highest BCUT2D eigenvalue weighted by Crippen LogP contribution is 2.22. The quantitative estimate of drug-likeness (QED) is 0.793. The molecule has 84 valence electrons. The Morgan fingerprint density at radius 3 is 2.69 bits per heavy atom. The molecule has 4 heteroatoms. The smallest absolute Gasteiger partial charge is 0.0817 e. The van der Waals surface area contributed by atoms with Gasteiger partial charge in [-0.05, 0) is 18.2 Å². The van der Waals surface area contributed by atoms with Crippen LogP contribution in [0.4, 0.5) is 11.4 Å². The molecule has 0 saturated carbocycles. The molecule has 16 heavy (non-hydrogen) atoms. The Balaban J connectivity index is 2.14. The number of benzene rings is 1. The van der Waals surface area contributed by atoms with E-state index in [0.29, 0.717) is 0 Å². The van der Waals surface area contributed by atoms with E-state index in [1.807, 2.05) is 50.6 Å². The first kappa shape index (κ1) is 10.5. The van der Waals surface area contributed by atoms with E-state index in [2.05, 4.69) is 10.00 Å². The Bertz CT molecular complexity index is 475. The molecule has 1 heterocycles. The number of nitrogens with zero attached hydrogens (tertiary/aromatic N) is 3. The summed E-state index contributed by atoms with van der Waals surface area (Å²) in [5, 5.41) is 4.34. The lowest BCUT2D eigenvalue weighted by Gasteiger charge is -2.19. The van der Waals surface area contributed by atoms with Gasteiger partial charge in [0.05, 0.1) is 23.6 Å². The lowest BCUT2D eigenvalue weighted by Crippen LogP contribution is -2.18. The van der Waals surface area contributed by atoms with Crippen molar-refractivity contribution in [2.24, 2.45) is 7.05 Å².